The third-order valence-corrected chi connectivity index (χ3v) is 2.87. The molecule has 0 fully saturated rings. The quantitative estimate of drug-likeness (QED) is 0.429. The Morgan fingerprint density at radius 3 is 2.33 bits per heavy atom. The molecule has 0 rings (SSSR count). The Morgan fingerprint density at radius 1 is 1.58 bits per heavy atom. The van der Waals surface area contributed by atoms with E-state index in [4.69, 9.17) is 16.2 Å². The summed E-state index contributed by atoms with van der Waals surface area (Å²) in [5, 5.41) is 0. The molecule has 4 nitrogen and oxygen atoms in total. The average Bonchev–Trinajstić information content (AvgIpc) is 1.84. The molecule has 0 aliphatic heterocycles. The first-order valence-electron chi connectivity index (χ1n) is 3.78. The molecule has 0 saturated carbocycles. The number of halogens is 1. The fourth-order valence-corrected chi connectivity index (χ4v) is 1.92. The summed E-state index contributed by atoms with van der Waals surface area (Å²) < 4.78 is 30.9. The summed E-state index contributed by atoms with van der Waals surface area (Å²) >= 11 is 5.55. The molecule has 0 aromatic carbocycles. The Bertz CT molecular complexity index is 215. The highest BCUT2D eigenvalue weighted by molar-refractivity contribution is 7.83. The lowest BCUT2D eigenvalue weighted by Crippen LogP contribution is -2.35. The van der Waals surface area contributed by atoms with E-state index in [0.29, 0.717) is 6.42 Å². The minimum atomic E-state index is -4.14. The molecule has 1 atom stereocenters. The van der Waals surface area contributed by atoms with Gasteiger partial charge in [-0.15, -0.1) is 11.6 Å². The van der Waals surface area contributed by atoms with E-state index < -0.39 is 15.8 Å². The summed E-state index contributed by atoms with van der Waals surface area (Å²) in [6, 6.07) is 0. The summed E-state index contributed by atoms with van der Waals surface area (Å²) in [5.41, 5.74) is -0.702. The van der Waals surface area contributed by atoms with Crippen molar-refractivity contribution in [3.8, 4) is 0 Å². The zero-order valence-electron chi connectivity index (χ0n) is 7.20. The van der Waals surface area contributed by atoms with Crippen molar-refractivity contribution in [3.63, 3.8) is 0 Å². The Hall–Kier alpha value is 0.160. The standard InChI is InChI=1S/C6H14ClNO3S/c1-3-4-5-8(6(2)7)12(9,10)11/h6H,3-5H2,1-2H3,(H,9,10,11). The van der Waals surface area contributed by atoms with Crippen molar-refractivity contribution in [2.45, 2.75) is 32.2 Å². The van der Waals surface area contributed by atoms with Crippen molar-refractivity contribution in [1.29, 1.82) is 0 Å². The Balaban J connectivity index is 4.26. The topological polar surface area (TPSA) is 57.6 Å². The molecule has 0 saturated heterocycles. The molecule has 74 valence electrons. The van der Waals surface area contributed by atoms with Crippen molar-refractivity contribution in [3.05, 3.63) is 0 Å². The maximum Gasteiger partial charge on any atom is 0.337 e. The highest BCUT2D eigenvalue weighted by Gasteiger charge is 2.22. The Kier molecular flexibility index (Phi) is 5.08. The van der Waals surface area contributed by atoms with Gasteiger partial charge in [0.2, 0.25) is 0 Å². The predicted molar refractivity (Wildman–Crippen MR) is 48.5 cm³/mol. The SMILES string of the molecule is CCCCN(C(C)Cl)S(=O)(=O)O. The molecule has 12 heavy (non-hydrogen) atoms. The van der Waals surface area contributed by atoms with Gasteiger partial charge in [-0.05, 0) is 13.3 Å². The molecule has 0 amide bonds. The molecule has 1 N–H and O–H groups in total. The van der Waals surface area contributed by atoms with Crippen molar-refractivity contribution in [1.82, 2.24) is 4.31 Å². The van der Waals surface area contributed by atoms with E-state index in [1.165, 1.54) is 6.92 Å². The lowest BCUT2D eigenvalue weighted by atomic mass is 10.3. The molecule has 0 bridgehead atoms. The molecule has 0 spiro atoms. The molecule has 1 unspecified atom stereocenters. The first-order valence-corrected chi connectivity index (χ1v) is 5.61. The van der Waals surface area contributed by atoms with Crippen molar-refractivity contribution < 1.29 is 13.0 Å². The number of alkyl halides is 1. The fraction of sp³-hybridized carbons (Fsp3) is 1.00. The lowest BCUT2D eigenvalue weighted by Gasteiger charge is -2.19. The van der Waals surface area contributed by atoms with E-state index in [2.05, 4.69) is 0 Å². The first-order chi connectivity index (χ1) is 5.39. The van der Waals surface area contributed by atoms with Crippen molar-refractivity contribution in [2.75, 3.05) is 6.54 Å². The summed E-state index contributed by atoms with van der Waals surface area (Å²) in [5.74, 6) is 0. The van der Waals surface area contributed by atoms with Gasteiger partial charge in [-0.2, -0.15) is 12.7 Å². The fourth-order valence-electron chi connectivity index (χ4n) is 0.791. The van der Waals surface area contributed by atoms with Crippen LogP contribution in [0.25, 0.3) is 0 Å². The number of hydrogen-bond donors (Lipinski definition) is 1. The van der Waals surface area contributed by atoms with E-state index in [1.54, 1.807) is 0 Å². The Morgan fingerprint density at radius 2 is 2.08 bits per heavy atom. The van der Waals surface area contributed by atoms with Crippen LogP contribution in [0.5, 0.6) is 0 Å². The van der Waals surface area contributed by atoms with Crippen LogP contribution in [-0.4, -0.2) is 29.3 Å². The summed E-state index contributed by atoms with van der Waals surface area (Å²) in [7, 11) is -4.14. The lowest BCUT2D eigenvalue weighted by molar-refractivity contribution is 0.339. The summed E-state index contributed by atoms with van der Waals surface area (Å²) in [6.45, 7) is 3.70. The van der Waals surface area contributed by atoms with Crippen molar-refractivity contribution >= 4 is 21.9 Å². The maximum absolute atomic E-state index is 10.7. The second-order valence-corrected chi connectivity index (χ2v) is 4.51. The van der Waals surface area contributed by atoms with Crippen LogP contribution in [0, 0.1) is 0 Å². The number of nitrogens with zero attached hydrogens (tertiary/aromatic N) is 1. The number of rotatable bonds is 5. The largest absolute Gasteiger partial charge is 0.337 e. The van der Waals surface area contributed by atoms with Crippen LogP contribution in [0.15, 0.2) is 0 Å². The normalized spacial score (nSPS) is 15.1. The molecule has 0 aromatic heterocycles. The second-order valence-electron chi connectivity index (χ2n) is 2.52. The van der Waals surface area contributed by atoms with Gasteiger partial charge in [0.05, 0.1) is 5.50 Å². The van der Waals surface area contributed by atoms with Gasteiger partial charge in [0.15, 0.2) is 0 Å². The third kappa shape index (κ3) is 4.25. The third-order valence-electron chi connectivity index (χ3n) is 1.43. The van der Waals surface area contributed by atoms with Crippen LogP contribution in [0.4, 0.5) is 0 Å². The minimum absolute atomic E-state index is 0.264. The molecule has 0 aliphatic carbocycles. The van der Waals surface area contributed by atoms with Gasteiger partial charge in [-0.3, -0.25) is 4.55 Å². The number of unbranched alkanes of at least 4 members (excludes halogenated alkanes) is 1. The molecule has 0 radical (unpaired) electrons. The highest BCUT2D eigenvalue weighted by atomic mass is 35.5. The van der Waals surface area contributed by atoms with Crippen LogP contribution in [0.3, 0.4) is 0 Å². The van der Waals surface area contributed by atoms with Crippen LogP contribution in [0.1, 0.15) is 26.7 Å². The molecular weight excluding hydrogens is 202 g/mol. The van der Waals surface area contributed by atoms with Gasteiger partial charge in [-0.25, -0.2) is 0 Å². The molecular formula is C6H14ClNO3S. The predicted octanol–water partition coefficient (Wildman–Crippen LogP) is 1.48. The van der Waals surface area contributed by atoms with Crippen LogP contribution in [0.2, 0.25) is 0 Å². The zero-order chi connectivity index (χ0) is 9.78. The van der Waals surface area contributed by atoms with Crippen LogP contribution < -0.4 is 0 Å². The first kappa shape index (κ1) is 12.2. The van der Waals surface area contributed by atoms with E-state index in [0.717, 1.165) is 10.7 Å². The summed E-state index contributed by atoms with van der Waals surface area (Å²) in [6.07, 6.45) is 1.55. The van der Waals surface area contributed by atoms with Gasteiger partial charge >= 0.3 is 10.3 Å². The van der Waals surface area contributed by atoms with Crippen LogP contribution in [-0.2, 0) is 10.3 Å². The Labute approximate surface area is 78.4 Å². The van der Waals surface area contributed by atoms with Gasteiger partial charge in [-0.1, -0.05) is 13.3 Å². The maximum atomic E-state index is 10.7. The highest BCUT2D eigenvalue weighted by Crippen LogP contribution is 2.09. The van der Waals surface area contributed by atoms with Gasteiger partial charge in [0, 0.05) is 6.54 Å². The molecule has 0 heterocycles. The van der Waals surface area contributed by atoms with E-state index >= 15 is 0 Å². The monoisotopic (exact) mass is 215 g/mol. The van der Waals surface area contributed by atoms with Crippen molar-refractivity contribution in [2.24, 2.45) is 0 Å². The molecule has 0 aromatic rings. The summed E-state index contributed by atoms with van der Waals surface area (Å²) in [4.78, 5) is 0. The van der Waals surface area contributed by atoms with E-state index in [9.17, 15) is 8.42 Å². The molecule has 0 aliphatic rings. The molecule has 6 heteroatoms. The smallest absolute Gasteiger partial charge is 0.273 e. The minimum Gasteiger partial charge on any atom is -0.273 e. The number of hydrogen-bond acceptors (Lipinski definition) is 2. The van der Waals surface area contributed by atoms with Gasteiger partial charge in [0.25, 0.3) is 0 Å². The van der Waals surface area contributed by atoms with E-state index in [1.807, 2.05) is 6.92 Å². The van der Waals surface area contributed by atoms with Gasteiger partial charge < -0.3 is 0 Å². The van der Waals surface area contributed by atoms with Gasteiger partial charge in [0.1, 0.15) is 0 Å². The van der Waals surface area contributed by atoms with E-state index in [-0.39, 0.29) is 6.54 Å². The zero-order valence-corrected chi connectivity index (χ0v) is 8.77. The average molecular weight is 216 g/mol. The second kappa shape index (κ2) is 5.01. The van der Waals surface area contributed by atoms with Crippen LogP contribution >= 0.6 is 11.6 Å².